The first kappa shape index (κ1) is 5.50. The summed E-state index contributed by atoms with van der Waals surface area (Å²) in [6.07, 6.45) is 0.760. The van der Waals surface area contributed by atoms with Crippen LogP contribution in [0.5, 0.6) is 0 Å². The second-order valence-electron chi connectivity index (χ2n) is 1.31. The number of tetrazole rings is 1. The highest BCUT2D eigenvalue weighted by Crippen LogP contribution is 1.92. The van der Waals surface area contributed by atoms with Crippen molar-refractivity contribution in [3.63, 3.8) is 0 Å². The third-order valence-electron chi connectivity index (χ3n) is 0.808. The van der Waals surface area contributed by atoms with E-state index in [0.717, 1.165) is 10.6 Å². The van der Waals surface area contributed by atoms with Gasteiger partial charge in [-0.3, -0.25) is 0 Å². The van der Waals surface area contributed by atoms with Gasteiger partial charge in [0, 0.05) is 18.2 Å². The molecular weight excluding hydrogens is 128 g/mol. The van der Waals surface area contributed by atoms with Crippen molar-refractivity contribution in [1.29, 1.82) is 0 Å². The monoisotopic (exact) mass is 132 g/mol. The fraction of sp³-hybridized carbons (Fsp3) is 0.667. The first-order valence-electron chi connectivity index (χ1n) is 2.28. The Kier molecular flexibility index (Phi) is 1.43. The third kappa shape index (κ3) is 0.790. The van der Waals surface area contributed by atoms with E-state index < -0.39 is 0 Å². The zero-order valence-electron chi connectivity index (χ0n) is 4.37. The van der Waals surface area contributed by atoms with Crippen molar-refractivity contribution in [1.82, 2.24) is 19.7 Å². The van der Waals surface area contributed by atoms with Gasteiger partial charge in [-0.25, -0.2) is 0 Å². The van der Waals surface area contributed by atoms with E-state index in [2.05, 4.69) is 15.5 Å². The Morgan fingerprint density at radius 3 is 2.75 bits per heavy atom. The molecule has 0 aliphatic heterocycles. The summed E-state index contributed by atoms with van der Waals surface area (Å²) in [4.78, 5) is 0. The van der Waals surface area contributed by atoms with Crippen LogP contribution in [0.15, 0.2) is 0 Å². The largest absolute Gasteiger partial charge is 0.169 e. The van der Waals surface area contributed by atoms with Crippen LogP contribution in [-0.4, -0.2) is 19.7 Å². The maximum Gasteiger partial charge on any atom is 0.169 e. The number of halogens is 1. The predicted molar refractivity (Wildman–Crippen MR) is 28.4 cm³/mol. The number of hydrogen-bond donors (Lipinski definition) is 0. The Morgan fingerprint density at radius 2 is 2.50 bits per heavy atom. The normalized spacial score (nSPS) is 9.75. The molecule has 0 aliphatic carbocycles. The number of rotatable bonds is 1. The average Bonchev–Trinajstić information content (AvgIpc) is 2.14. The molecule has 0 saturated heterocycles. The van der Waals surface area contributed by atoms with Gasteiger partial charge >= 0.3 is 0 Å². The number of nitrogens with zero attached hydrogens (tertiary/aromatic N) is 4. The van der Waals surface area contributed by atoms with Gasteiger partial charge in [0.15, 0.2) is 5.82 Å². The van der Waals surface area contributed by atoms with Gasteiger partial charge in [-0.1, -0.05) is 6.92 Å². The Bertz CT molecular complexity index is 172. The summed E-state index contributed by atoms with van der Waals surface area (Å²) in [5, 5.41) is 10.3. The predicted octanol–water partition coefficient (Wildman–Crippen LogP) is 0.237. The molecule has 0 amide bonds. The molecule has 0 radical (unpaired) electrons. The van der Waals surface area contributed by atoms with E-state index in [9.17, 15) is 0 Å². The Hall–Kier alpha value is -0.640. The van der Waals surface area contributed by atoms with E-state index in [4.69, 9.17) is 11.8 Å². The second-order valence-corrected chi connectivity index (χ2v) is 1.63. The minimum Gasteiger partial charge on any atom is -0.136 e. The van der Waals surface area contributed by atoms with Crippen molar-refractivity contribution in [2.45, 2.75) is 13.3 Å². The van der Waals surface area contributed by atoms with Crippen molar-refractivity contribution in [2.75, 3.05) is 0 Å². The maximum atomic E-state index is 5.42. The standard InChI is InChI=1S/C3H5ClN4/c1-2-3-5-6-7-8(3)4/h2H2,1H3. The number of aromatic nitrogens is 4. The molecule has 1 aromatic heterocycles. The van der Waals surface area contributed by atoms with E-state index in [1.54, 1.807) is 0 Å². The van der Waals surface area contributed by atoms with Crippen LogP contribution in [0.2, 0.25) is 0 Å². The van der Waals surface area contributed by atoms with Crippen LogP contribution >= 0.6 is 11.8 Å². The van der Waals surface area contributed by atoms with Gasteiger partial charge in [0.05, 0.1) is 0 Å². The Morgan fingerprint density at radius 1 is 1.75 bits per heavy atom. The molecule has 0 unspecified atom stereocenters. The lowest BCUT2D eigenvalue weighted by atomic mass is 10.5. The summed E-state index contributed by atoms with van der Waals surface area (Å²) in [6, 6.07) is 0. The summed E-state index contributed by atoms with van der Waals surface area (Å²) < 4.78 is 1.14. The summed E-state index contributed by atoms with van der Waals surface area (Å²) >= 11 is 5.42. The van der Waals surface area contributed by atoms with Gasteiger partial charge in [0.1, 0.15) is 0 Å². The summed E-state index contributed by atoms with van der Waals surface area (Å²) in [6.45, 7) is 1.94. The van der Waals surface area contributed by atoms with E-state index in [1.165, 1.54) is 0 Å². The third-order valence-corrected chi connectivity index (χ3v) is 1.07. The molecule has 0 N–H and O–H groups in total. The van der Waals surface area contributed by atoms with Gasteiger partial charge in [-0.05, 0) is 10.4 Å². The number of hydrogen-bond acceptors (Lipinski definition) is 3. The highest BCUT2D eigenvalue weighted by molar-refractivity contribution is 6.14. The fourth-order valence-electron chi connectivity index (χ4n) is 0.396. The molecule has 8 heavy (non-hydrogen) atoms. The highest BCUT2D eigenvalue weighted by Gasteiger charge is 1.96. The summed E-state index contributed by atoms with van der Waals surface area (Å²) in [7, 11) is 0. The lowest BCUT2D eigenvalue weighted by Gasteiger charge is -1.83. The molecule has 0 aliphatic rings. The van der Waals surface area contributed by atoms with Gasteiger partial charge in [0.25, 0.3) is 0 Å². The smallest absolute Gasteiger partial charge is 0.136 e. The van der Waals surface area contributed by atoms with Gasteiger partial charge in [-0.2, -0.15) is 0 Å². The lowest BCUT2D eigenvalue weighted by Crippen LogP contribution is -1.90. The minimum atomic E-state index is 0.687. The molecule has 44 valence electrons. The van der Waals surface area contributed by atoms with E-state index in [-0.39, 0.29) is 0 Å². The van der Waals surface area contributed by atoms with Crippen LogP contribution < -0.4 is 0 Å². The van der Waals surface area contributed by atoms with Crippen LogP contribution in [0, 0.1) is 0 Å². The van der Waals surface area contributed by atoms with Crippen molar-refractivity contribution in [3.05, 3.63) is 5.82 Å². The molecule has 5 heteroatoms. The Labute approximate surface area is 51.6 Å². The topological polar surface area (TPSA) is 43.6 Å². The second kappa shape index (κ2) is 2.09. The Balaban J connectivity index is 2.92. The molecule has 0 spiro atoms. The van der Waals surface area contributed by atoms with Crippen LogP contribution in [-0.2, 0) is 6.42 Å². The van der Waals surface area contributed by atoms with Crippen LogP contribution in [0.3, 0.4) is 0 Å². The molecule has 0 atom stereocenters. The first-order valence-corrected chi connectivity index (χ1v) is 2.61. The van der Waals surface area contributed by atoms with Gasteiger partial charge < -0.3 is 0 Å². The molecule has 0 aromatic carbocycles. The zero-order valence-corrected chi connectivity index (χ0v) is 5.13. The molecule has 1 rings (SSSR count). The molecule has 1 heterocycles. The summed E-state index contributed by atoms with van der Waals surface area (Å²) in [5.74, 6) is 0.687. The fourth-order valence-corrected chi connectivity index (χ4v) is 0.580. The average molecular weight is 133 g/mol. The lowest BCUT2D eigenvalue weighted by molar-refractivity contribution is 0.837. The molecular formula is C3H5ClN4. The van der Waals surface area contributed by atoms with Crippen molar-refractivity contribution >= 4 is 11.8 Å². The molecule has 1 aromatic rings. The van der Waals surface area contributed by atoms with E-state index in [1.807, 2.05) is 6.92 Å². The van der Waals surface area contributed by atoms with Crippen molar-refractivity contribution in [2.24, 2.45) is 0 Å². The van der Waals surface area contributed by atoms with Crippen LogP contribution in [0.4, 0.5) is 0 Å². The van der Waals surface area contributed by atoms with Crippen LogP contribution in [0.1, 0.15) is 12.7 Å². The van der Waals surface area contributed by atoms with Gasteiger partial charge in [-0.15, -0.1) is 9.30 Å². The quantitative estimate of drug-likeness (QED) is 0.550. The first-order chi connectivity index (χ1) is 3.84. The SMILES string of the molecule is CCc1nnnn1Cl. The highest BCUT2D eigenvalue weighted by atomic mass is 35.5. The molecule has 0 bridgehead atoms. The minimum absolute atomic E-state index is 0.687. The molecule has 0 saturated carbocycles. The molecule has 0 fully saturated rings. The van der Waals surface area contributed by atoms with Crippen molar-refractivity contribution < 1.29 is 0 Å². The molecule has 4 nitrogen and oxygen atoms in total. The number of aryl methyl sites for hydroxylation is 1. The van der Waals surface area contributed by atoms with Crippen molar-refractivity contribution in [3.8, 4) is 0 Å². The maximum absolute atomic E-state index is 5.42. The van der Waals surface area contributed by atoms with Crippen LogP contribution in [0.25, 0.3) is 0 Å². The summed E-state index contributed by atoms with van der Waals surface area (Å²) in [5.41, 5.74) is 0. The zero-order chi connectivity index (χ0) is 5.98. The van der Waals surface area contributed by atoms with E-state index >= 15 is 0 Å². The van der Waals surface area contributed by atoms with Gasteiger partial charge in [0.2, 0.25) is 0 Å². The van der Waals surface area contributed by atoms with E-state index in [0.29, 0.717) is 5.82 Å².